The minimum Gasteiger partial charge on any atom is -0.486 e. The molecule has 1 heterocycles. The Morgan fingerprint density at radius 3 is 2.60 bits per heavy atom. The molecule has 2 rings (SSSR count). The number of rotatable bonds is 4. The summed E-state index contributed by atoms with van der Waals surface area (Å²) in [6.07, 6.45) is 1.03. The van der Waals surface area contributed by atoms with Crippen LogP contribution in [0.4, 0.5) is 0 Å². The molecule has 6 nitrogen and oxygen atoms in total. The van der Waals surface area contributed by atoms with Gasteiger partial charge in [0.15, 0.2) is 21.3 Å². The van der Waals surface area contributed by atoms with Gasteiger partial charge in [-0.2, -0.15) is 0 Å². The van der Waals surface area contributed by atoms with Crippen LogP contribution < -0.4 is 14.8 Å². The molecule has 1 aromatic carbocycles. The number of amides is 1. The van der Waals surface area contributed by atoms with Gasteiger partial charge in [0, 0.05) is 6.26 Å². The van der Waals surface area contributed by atoms with Crippen molar-refractivity contribution in [2.24, 2.45) is 0 Å². The molecule has 1 aliphatic heterocycles. The van der Waals surface area contributed by atoms with Crippen molar-refractivity contribution >= 4 is 15.7 Å². The average molecular weight is 299 g/mol. The Hall–Kier alpha value is -1.76. The van der Waals surface area contributed by atoms with Crippen molar-refractivity contribution in [3.8, 4) is 11.5 Å². The third kappa shape index (κ3) is 3.86. The lowest BCUT2D eigenvalue weighted by molar-refractivity contribution is -0.119. The molecule has 0 saturated heterocycles. The van der Waals surface area contributed by atoms with Crippen molar-refractivity contribution in [2.75, 3.05) is 25.2 Å². The predicted molar refractivity (Wildman–Crippen MR) is 73.7 cm³/mol. The average Bonchev–Trinajstić information content (AvgIpc) is 2.35. The van der Waals surface area contributed by atoms with Crippen molar-refractivity contribution in [3.63, 3.8) is 0 Å². The maximum Gasteiger partial charge on any atom is 0.235 e. The number of nitrogens with one attached hydrogen (secondary N) is 1. The summed E-state index contributed by atoms with van der Waals surface area (Å²) in [5.41, 5.74) is 0.830. The number of hydrogen-bond donors (Lipinski definition) is 1. The summed E-state index contributed by atoms with van der Waals surface area (Å²) in [5.74, 6) is 0.282. The molecule has 0 radical (unpaired) electrons. The van der Waals surface area contributed by atoms with Gasteiger partial charge in [0.25, 0.3) is 0 Å². The van der Waals surface area contributed by atoms with E-state index in [0.717, 1.165) is 11.8 Å². The molecule has 0 fully saturated rings. The molecule has 0 spiro atoms. The minimum absolute atomic E-state index is 0.305. The third-order valence-corrected chi connectivity index (χ3v) is 3.62. The Morgan fingerprint density at radius 1 is 1.30 bits per heavy atom. The van der Waals surface area contributed by atoms with E-state index in [-0.39, 0.29) is 6.04 Å². The molecule has 1 unspecified atom stereocenters. The number of hydrogen-bond acceptors (Lipinski definition) is 5. The topological polar surface area (TPSA) is 81.7 Å². The number of carbonyl (C=O) groups is 1. The van der Waals surface area contributed by atoms with Crippen molar-refractivity contribution < 1.29 is 22.7 Å². The normalized spacial score (nSPS) is 15.5. The molecule has 110 valence electrons. The zero-order valence-corrected chi connectivity index (χ0v) is 12.2. The monoisotopic (exact) mass is 299 g/mol. The highest BCUT2D eigenvalue weighted by Gasteiger charge is 2.17. The van der Waals surface area contributed by atoms with Crippen LogP contribution in [0.15, 0.2) is 18.2 Å². The Morgan fingerprint density at radius 2 is 1.95 bits per heavy atom. The number of carbonyl (C=O) groups excluding carboxylic acids is 1. The fourth-order valence-corrected chi connectivity index (χ4v) is 2.49. The van der Waals surface area contributed by atoms with Gasteiger partial charge in [0.05, 0.1) is 6.04 Å². The molecular formula is C13H17NO5S. The molecule has 0 bridgehead atoms. The van der Waals surface area contributed by atoms with Gasteiger partial charge in [-0.05, 0) is 24.6 Å². The van der Waals surface area contributed by atoms with Crippen molar-refractivity contribution in [1.29, 1.82) is 0 Å². The van der Waals surface area contributed by atoms with E-state index in [4.69, 9.17) is 9.47 Å². The van der Waals surface area contributed by atoms with Crippen LogP contribution in [-0.2, 0) is 14.6 Å². The zero-order valence-electron chi connectivity index (χ0n) is 11.4. The molecule has 0 aromatic heterocycles. The van der Waals surface area contributed by atoms with Crippen LogP contribution in [0.2, 0.25) is 0 Å². The quantitative estimate of drug-likeness (QED) is 0.884. The van der Waals surface area contributed by atoms with Crippen molar-refractivity contribution in [1.82, 2.24) is 5.32 Å². The third-order valence-electron chi connectivity index (χ3n) is 2.84. The minimum atomic E-state index is -3.32. The Bertz CT molecular complexity index is 611. The van der Waals surface area contributed by atoms with Crippen LogP contribution in [0.1, 0.15) is 18.5 Å². The molecular weight excluding hydrogens is 282 g/mol. The van der Waals surface area contributed by atoms with E-state index in [1.807, 2.05) is 6.07 Å². The van der Waals surface area contributed by atoms with Crippen LogP contribution in [0, 0.1) is 0 Å². The fraction of sp³-hybridized carbons (Fsp3) is 0.462. The number of ether oxygens (including phenoxy) is 2. The summed E-state index contributed by atoms with van der Waals surface area (Å²) in [4.78, 5) is 11.6. The van der Waals surface area contributed by atoms with Gasteiger partial charge in [0.2, 0.25) is 5.91 Å². The first-order valence-electron chi connectivity index (χ1n) is 6.22. The van der Waals surface area contributed by atoms with Gasteiger partial charge in [-0.3, -0.25) is 4.79 Å². The SMILES string of the molecule is CC(NC(=O)CS(C)(=O)=O)c1ccc2c(c1)OCCO2. The standard InChI is InChI=1S/C13H17NO5S/c1-9(14-13(15)8-20(2,16)17)10-3-4-11-12(7-10)19-6-5-18-11/h3-4,7,9H,5-6,8H2,1-2H3,(H,14,15). The van der Waals surface area contributed by atoms with Crippen LogP contribution in [-0.4, -0.2) is 39.5 Å². The van der Waals surface area contributed by atoms with E-state index >= 15 is 0 Å². The van der Waals surface area contributed by atoms with Crippen LogP contribution >= 0.6 is 0 Å². The fourth-order valence-electron chi connectivity index (χ4n) is 1.93. The molecule has 0 aliphatic carbocycles. The maximum atomic E-state index is 11.6. The summed E-state index contributed by atoms with van der Waals surface area (Å²) >= 11 is 0. The lowest BCUT2D eigenvalue weighted by Crippen LogP contribution is -2.32. The van der Waals surface area contributed by atoms with Crippen molar-refractivity contribution in [3.05, 3.63) is 23.8 Å². The first-order chi connectivity index (χ1) is 9.35. The van der Waals surface area contributed by atoms with Crippen LogP contribution in [0.3, 0.4) is 0 Å². The molecule has 1 aromatic rings. The molecule has 7 heteroatoms. The van der Waals surface area contributed by atoms with E-state index in [9.17, 15) is 13.2 Å². The Kier molecular flexibility index (Phi) is 4.17. The van der Waals surface area contributed by atoms with E-state index in [0.29, 0.717) is 24.7 Å². The summed E-state index contributed by atoms with van der Waals surface area (Å²) < 4.78 is 33.0. The number of sulfone groups is 1. The summed E-state index contributed by atoms with van der Waals surface area (Å²) in [7, 11) is -3.32. The number of benzene rings is 1. The second-order valence-electron chi connectivity index (χ2n) is 4.76. The summed E-state index contributed by atoms with van der Waals surface area (Å²) in [6, 6.07) is 5.09. The van der Waals surface area contributed by atoms with E-state index in [2.05, 4.69) is 5.32 Å². The largest absolute Gasteiger partial charge is 0.486 e. The van der Waals surface area contributed by atoms with Gasteiger partial charge >= 0.3 is 0 Å². The predicted octanol–water partition coefficient (Wildman–Crippen LogP) is 0.680. The van der Waals surface area contributed by atoms with Gasteiger partial charge in [-0.15, -0.1) is 0 Å². The van der Waals surface area contributed by atoms with E-state index < -0.39 is 21.5 Å². The number of fused-ring (bicyclic) bond motifs is 1. The first kappa shape index (κ1) is 14.6. The molecule has 1 aliphatic rings. The van der Waals surface area contributed by atoms with Crippen LogP contribution in [0.25, 0.3) is 0 Å². The molecule has 20 heavy (non-hydrogen) atoms. The van der Waals surface area contributed by atoms with Gasteiger partial charge in [-0.1, -0.05) is 6.07 Å². The second-order valence-corrected chi connectivity index (χ2v) is 6.90. The van der Waals surface area contributed by atoms with Crippen LogP contribution in [0.5, 0.6) is 11.5 Å². The summed E-state index contributed by atoms with van der Waals surface area (Å²) in [5, 5.41) is 2.65. The Balaban J connectivity index is 2.06. The van der Waals surface area contributed by atoms with Gasteiger partial charge in [0.1, 0.15) is 19.0 Å². The molecule has 1 amide bonds. The Labute approximate surface area is 118 Å². The highest BCUT2D eigenvalue weighted by Crippen LogP contribution is 2.32. The van der Waals surface area contributed by atoms with Gasteiger partial charge in [-0.25, -0.2) is 8.42 Å². The lowest BCUT2D eigenvalue weighted by Gasteiger charge is -2.21. The highest BCUT2D eigenvalue weighted by molar-refractivity contribution is 7.91. The summed E-state index contributed by atoms with van der Waals surface area (Å²) in [6.45, 7) is 2.80. The van der Waals surface area contributed by atoms with E-state index in [1.54, 1.807) is 19.1 Å². The van der Waals surface area contributed by atoms with Crippen molar-refractivity contribution in [2.45, 2.75) is 13.0 Å². The van der Waals surface area contributed by atoms with Gasteiger partial charge < -0.3 is 14.8 Å². The lowest BCUT2D eigenvalue weighted by atomic mass is 10.1. The maximum absolute atomic E-state index is 11.6. The smallest absolute Gasteiger partial charge is 0.235 e. The molecule has 1 N–H and O–H groups in total. The second kappa shape index (κ2) is 5.70. The van der Waals surface area contributed by atoms with E-state index in [1.165, 1.54) is 0 Å². The highest BCUT2D eigenvalue weighted by atomic mass is 32.2. The first-order valence-corrected chi connectivity index (χ1v) is 8.28. The zero-order chi connectivity index (χ0) is 14.8. The molecule has 1 atom stereocenters. The molecule has 0 saturated carbocycles.